The highest BCUT2D eigenvalue weighted by molar-refractivity contribution is 9.10. The summed E-state index contributed by atoms with van der Waals surface area (Å²) in [7, 11) is 0. The van der Waals surface area contributed by atoms with Crippen molar-refractivity contribution in [1.29, 1.82) is 0 Å². The molecular weight excluding hydrogens is 374 g/mol. The van der Waals surface area contributed by atoms with Gasteiger partial charge in [0, 0.05) is 0 Å². The van der Waals surface area contributed by atoms with E-state index in [1.807, 2.05) is 13.8 Å². The Labute approximate surface area is 142 Å². The number of hydrogen-bond donors (Lipinski definition) is 0. The highest BCUT2D eigenvalue weighted by Gasteiger charge is 2.69. The number of ether oxygens (including phenoxy) is 2. The number of esters is 2. The van der Waals surface area contributed by atoms with Crippen molar-refractivity contribution >= 4 is 45.5 Å². The Kier molecular flexibility index (Phi) is 4.32. The normalized spacial score (nSPS) is 29.6. The molecular formula is C14H20BrNO5S. The van der Waals surface area contributed by atoms with Crippen LogP contribution in [0.1, 0.15) is 41.0 Å². The topological polar surface area (TPSA) is 72.9 Å². The molecule has 0 saturated carbocycles. The Balaban J connectivity index is 2.02. The first-order chi connectivity index (χ1) is 9.91. The Morgan fingerprint density at radius 2 is 1.95 bits per heavy atom. The van der Waals surface area contributed by atoms with E-state index in [0.29, 0.717) is 6.42 Å². The summed E-state index contributed by atoms with van der Waals surface area (Å²) in [6.07, 6.45) is 0.424. The Hall–Kier alpha value is -0.760. The summed E-state index contributed by atoms with van der Waals surface area (Å²) in [5.41, 5.74) is -0.667. The van der Waals surface area contributed by atoms with Gasteiger partial charge in [0.15, 0.2) is 0 Å². The molecule has 0 aromatic carbocycles. The maximum absolute atomic E-state index is 12.5. The summed E-state index contributed by atoms with van der Waals surface area (Å²) >= 11 is 4.96. The molecule has 2 aliphatic rings. The second-order valence-corrected chi connectivity index (χ2v) is 9.85. The first-order valence-corrected chi connectivity index (χ1v) is 8.62. The molecule has 8 heteroatoms. The molecule has 22 heavy (non-hydrogen) atoms. The average molecular weight is 394 g/mol. The molecule has 2 saturated heterocycles. The zero-order chi connectivity index (χ0) is 16.9. The van der Waals surface area contributed by atoms with Crippen molar-refractivity contribution in [3.63, 3.8) is 0 Å². The van der Waals surface area contributed by atoms with Gasteiger partial charge in [0.25, 0.3) is 0 Å². The minimum atomic E-state index is -1.24. The Morgan fingerprint density at radius 3 is 2.45 bits per heavy atom. The molecule has 0 aromatic rings. The minimum Gasteiger partial charge on any atom is -0.427 e. The van der Waals surface area contributed by atoms with Crippen LogP contribution >= 0.6 is 27.7 Å². The van der Waals surface area contributed by atoms with Crippen molar-refractivity contribution in [2.45, 2.75) is 55.6 Å². The summed E-state index contributed by atoms with van der Waals surface area (Å²) in [6.45, 7) is 8.42. The molecule has 124 valence electrons. The van der Waals surface area contributed by atoms with Crippen LogP contribution in [-0.2, 0) is 23.9 Å². The van der Waals surface area contributed by atoms with Gasteiger partial charge < -0.3 is 14.4 Å². The number of alkyl halides is 1. The molecule has 6 nitrogen and oxygen atoms in total. The van der Waals surface area contributed by atoms with E-state index >= 15 is 0 Å². The van der Waals surface area contributed by atoms with Gasteiger partial charge in [-0.25, -0.2) is 4.79 Å². The van der Waals surface area contributed by atoms with Gasteiger partial charge >= 0.3 is 11.9 Å². The van der Waals surface area contributed by atoms with Crippen molar-refractivity contribution in [2.75, 3.05) is 6.79 Å². The molecule has 0 radical (unpaired) electrons. The van der Waals surface area contributed by atoms with E-state index in [0.717, 1.165) is 0 Å². The van der Waals surface area contributed by atoms with Crippen LogP contribution in [-0.4, -0.2) is 44.1 Å². The number of carbonyl (C=O) groups excluding carboxylic acids is 3. The summed E-state index contributed by atoms with van der Waals surface area (Å²) in [5.74, 6) is -1.17. The van der Waals surface area contributed by atoms with Gasteiger partial charge in [-0.2, -0.15) is 0 Å². The Bertz CT molecular complexity index is 530. The molecule has 2 rings (SSSR count). The fourth-order valence-electron chi connectivity index (χ4n) is 2.35. The molecule has 0 aromatic heterocycles. The average Bonchev–Trinajstić information content (AvgIpc) is 2.51. The number of hydrogen-bond acceptors (Lipinski definition) is 6. The van der Waals surface area contributed by atoms with Crippen LogP contribution in [0.15, 0.2) is 0 Å². The van der Waals surface area contributed by atoms with Gasteiger partial charge in [-0.05, 0) is 50.5 Å². The van der Waals surface area contributed by atoms with Crippen molar-refractivity contribution in [3.8, 4) is 0 Å². The molecule has 0 aliphatic carbocycles. The molecule has 2 atom stereocenters. The number of β-lactam (4-membered cyclic amide) rings is 1. The zero-order valence-electron chi connectivity index (χ0n) is 13.3. The first-order valence-electron chi connectivity index (χ1n) is 6.94. The lowest BCUT2D eigenvalue weighted by Gasteiger charge is -2.43. The number of amides is 1. The SMILES string of the molecule is CC(C)(C)C(=O)OCOC(=O)[C@]1(Br)N2C(=O)C[C@H]2SC1(C)C. The van der Waals surface area contributed by atoms with Gasteiger partial charge in [0.2, 0.25) is 17.1 Å². The third kappa shape index (κ3) is 2.64. The first kappa shape index (κ1) is 17.6. The fourth-order valence-corrected chi connectivity index (χ4v) is 4.95. The van der Waals surface area contributed by atoms with Crippen molar-refractivity contribution < 1.29 is 23.9 Å². The molecule has 0 N–H and O–H groups in total. The van der Waals surface area contributed by atoms with Gasteiger partial charge in [-0.15, -0.1) is 11.8 Å². The molecule has 0 bridgehead atoms. The van der Waals surface area contributed by atoms with Gasteiger partial charge in [-0.1, -0.05) is 0 Å². The van der Waals surface area contributed by atoms with E-state index in [-0.39, 0.29) is 11.3 Å². The third-order valence-electron chi connectivity index (χ3n) is 3.73. The predicted molar refractivity (Wildman–Crippen MR) is 85.1 cm³/mol. The van der Waals surface area contributed by atoms with E-state index in [9.17, 15) is 14.4 Å². The van der Waals surface area contributed by atoms with E-state index in [2.05, 4.69) is 15.9 Å². The minimum absolute atomic E-state index is 0.0217. The lowest BCUT2D eigenvalue weighted by molar-refractivity contribution is -0.180. The fraction of sp³-hybridized carbons (Fsp3) is 0.786. The summed E-state index contributed by atoms with van der Waals surface area (Å²) in [4.78, 5) is 37.5. The maximum atomic E-state index is 12.5. The van der Waals surface area contributed by atoms with Crippen LogP contribution in [0, 0.1) is 5.41 Å². The molecule has 0 spiro atoms. The van der Waals surface area contributed by atoms with Gasteiger partial charge in [-0.3, -0.25) is 9.59 Å². The quantitative estimate of drug-likeness (QED) is 0.240. The molecule has 0 unspecified atom stereocenters. The van der Waals surface area contributed by atoms with E-state index < -0.39 is 33.3 Å². The zero-order valence-corrected chi connectivity index (χ0v) is 15.7. The van der Waals surface area contributed by atoms with Crippen LogP contribution in [0.4, 0.5) is 0 Å². The molecule has 2 aliphatic heterocycles. The smallest absolute Gasteiger partial charge is 0.347 e. The van der Waals surface area contributed by atoms with Crippen molar-refractivity contribution in [2.24, 2.45) is 5.41 Å². The van der Waals surface area contributed by atoms with Crippen LogP contribution in [0.2, 0.25) is 0 Å². The number of thioether (sulfide) groups is 1. The lowest BCUT2D eigenvalue weighted by atomic mass is 9.97. The lowest BCUT2D eigenvalue weighted by Crippen LogP contribution is -2.64. The number of halogens is 1. The Morgan fingerprint density at radius 1 is 1.36 bits per heavy atom. The van der Waals surface area contributed by atoms with Crippen LogP contribution in [0.25, 0.3) is 0 Å². The molecule has 2 heterocycles. The van der Waals surface area contributed by atoms with Crippen LogP contribution < -0.4 is 0 Å². The highest BCUT2D eigenvalue weighted by atomic mass is 79.9. The molecule has 1 amide bonds. The second kappa shape index (κ2) is 5.40. The predicted octanol–water partition coefficient (Wildman–Crippen LogP) is 2.25. The van der Waals surface area contributed by atoms with Gasteiger partial charge in [0.1, 0.15) is 0 Å². The summed E-state index contributed by atoms with van der Waals surface area (Å²) < 4.78 is 8.26. The number of nitrogens with zero attached hydrogens (tertiary/aromatic N) is 1. The second-order valence-electron chi connectivity index (χ2n) is 6.90. The summed E-state index contributed by atoms with van der Waals surface area (Å²) in [6, 6.07) is 0. The third-order valence-corrected chi connectivity index (χ3v) is 7.22. The number of rotatable bonds is 3. The molecule has 2 fully saturated rings. The van der Waals surface area contributed by atoms with Crippen molar-refractivity contribution in [1.82, 2.24) is 4.90 Å². The van der Waals surface area contributed by atoms with E-state index in [1.165, 1.54) is 4.90 Å². The van der Waals surface area contributed by atoms with Crippen molar-refractivity contribution in [3.05, 3.63) is 0 Å². The highest BCUT2D eigenvalue weighted by Crippen LogP contribution is 2.59. The van der Waals surface area contributed by atoms with Crippen LogP contribution in [0.3, 0.4) is 0 Å². The van der Waals surface area contributed by atoms with E-state index in [4.69, 9.17) is 9.47 Å². The standard InChI is InChI=1S/C14H20BrNO5S/c1-12(2,3)10(18)20-7-21-11(19)14(15)13(4,5)22-9-6-8(17)16(9)14/h9H,6-7H2,1-5H3/t9-,14+/m1/s1. The van der Waals surface area contributed by atoms with Crippen LogP contribution in [0.5, 0.6) is 0 Å². The number of carbonyl (C=O) groups is 3. The summed E-state index contributed by atoms with van der Waals surface area (Å²) in [5, 5.41) is -0.0217. The monoisotopic (exact) mass is 393 g/mol. The maximum Gasteiger partial charge on any atom is 0.347 e. The largest absolute Gasteiger partial charge is 0.427 e. The van der Waals surface area contributed by atoms with Gasteiger partial charge in [0.05, 0.1) is 22.0 Å². The number of fused-ring (bicyclic) bond motifs is 1. The van der Waals surface area contributed by atoms with E-state index in [1.54, 1.807) is 32.5 Å².